The van der Waals surface area contributed by atoms with Crippen LogP contribution in [0, 0.1) is 6.92 Å². The first-order valence-corrected chi connectivity index (χ1v) is 10.3. The number of nitrogens with zero attached hydrogens (tertiary/aromatic N) is 5. The Morgan fingerprint density at radius 2 is 2.04 bits per heavy atom. The van der Waals surface area contributed by atoms with Crippen LogP contribution in [0.4, 0.5) is 0 Å². The molecule has 0 unspecified atom stereocenters. The van der Waals surface area contributed by atoms with Crippen molar-refractivity contribution in [3.8, 4) is 0 Å². The molecular weight excluding hydrogens is 354 g/mol. The van der Waals surface area contributed by atoms with Gasteiger partial charge in [-0.1, -0.05) is 25.3 Å². The summed E-state index contributed by atoms with van der Waals surface area (Å²) in [6, 6.07) is 0. The van der Waals surface area contributed by atoms with Gasteiger partial charge in [0.1, 0.15) is 4.88 Å². The minimum absolute atomic E-state index is 0.0676. The number of hydrogen-bond acceptors (Lipinski definition) is 7. The summed E-state index contributed by atoms with van der Waals surface area (Å²) >= 11 is 2.93. The topological polar surface area (TPSA) is 62.2 Å². The summed E-state index contributed by atoms with van der Waals surface area (Å²) in [5, 5.41) is 7.30. The predicted octanol–water partition coefficient (Wildman–Crippen LogP) is 2.95. The van der Waals surface area contributed by atoms with Gasteiger partial charge in [-0.05, 0) is 24.9 Å². The van der Waals surface area contributed by atoms with Crippen LogP contribution in [0.1, 0.15) is 53.3 Å². The Bertz CT molecular complexity index is 733. The second-order valence-corrected chi connectivity index (χ2v) is 9.12. The van der Waals surface area contributed by atoms with Crippen LogP contribution in [-0.2, 0) is 12.0 Å². The first-order valence-electron chi connectivity index (χ1n) is 8.60. The summed E-state index contributed by atoms with van der Waals surface area (Å²) in [5.41, 5.74) is 1.97. The molecule has 1 amide bonds. The van der Waals surface area contributed by atoms with Gasteiger partial charge < -0.3 is 4.90 Å². The molecule has 0 radical (unpaired) electrons. The molecule has 136 valence electrons. The zero-order chi connectivity index (χ0) is 18.0. The van der Waals surface area contributed by atoms with Gasteiger partial charge in [0, 0.05) is 43.5 Å². The summed E-state index contributed by atoms with van der Waals surface area (Å²) in [7, 11) is 0. The Hall–Kier alpha value is -1.38. The van der Waals surface area contributed by atoms with Crippen molar-refractivity contribution < 1.29 is 4.79 Å². The van der Waals surface area contributed by atoms with Crippen molar-refractivity contribution in [1.82, 2.24) is 24.4 Å². The maximum Gasteiger partial charge on any atom is 0.267 e. The van der Waals surface area contributed by atoms with Crippen molar-refractivity contribution in [2.45, 2.75) is 46.1 Å². The Labute approximate surface area is 157 Å². The van der Waals surface area contributed by atoms with Crippen molar-refractivity contribution in [3.05, 3.63) is 26.7 Å². The SMILES string of the molecule is Cc1nnsc1C(=O)N1CCCN(Cc2csc(C(C)(C)C)n2)CC1. The third kappa shape index (κ3) is 4.43. The molecular formula is C17H25N5OS2. The lowest BCUT2D eigenvalue weighted by Crippen LogP contribution is -2.35. The average Bonchev–Trinajstić information content (AvgIpc) is 3.11. The Balaban J connectivity index is 1.59. The van der Waals surface area contributed by atoms with E-state index in [0.29, 0.717) is 4.88 Å². The molecule has 0 saturated carbocycles. The smallest absolute Gasteiger partial charge is 0.267 e. The van der Waals surface area contributed by atoms with Crippen molar-refractivity contribution in [3.63, 3.8) is 0 Å². The molecule has 2 aromatic heterocycles. The molecule has 0 N–H and O–H groups in total. The number of carbonyl (C=O) groups is 1. The zero-order valence-corrected chi connectivity index (χ0v) is 16.9. The molecule has 1 saturated heterocycles. The second-order valence-electron chi connectivity index (χ2n) is 7.50. The minimum Gasteiger partial charge on any atom is -0.337 e. The number of rotatable bonds is 3. The summed E-state index contributed by atoms with van der Waals surface area (Å²) in [4.78, 5) is 22.4. The fraction of sp³-hybridized carbons (Fsp3) is 0.647. The average molecular weight is 380 g/mol. The number of aromatic nitrogens is 3. The summed E-state index contributed by atoms with van der Waals surface area (Å²) < 4.78 is 3.88. The third-order valence-corrected chi connectivity index (χ3v) is 6.43. The van der Waals surface area contributed by atoms with Crippen LogP contribution in [0.2, 0.25) is 0 Å². The number of hydrogen-bond donors (Lipinski definition) is 0. The van der Waals surface area contributed by atoms with Crippen molar-refractivity contribution in [2.75, 3.05) is 26.2 Å². The standard InChI is InChI=1S/C17H25N5OS2/c1-12-14(25-20-19-12)15(23)22-7-5-6-21(8-9-22)10-13-11-24-16(18-13)17(2,3)4/h11H,5-10H2,1-4H3. The molecule has 25 heavy (non-hydrogen) atoms. The quantitative estimate of drug-likeness (QED) is 0.820. The van der Waals surface area contributed by atoms with Crippen molar-refractivity contribution in [1.29, 1.82) is 0 Å². The van der Waals surface area contributed by atoms with Gasteiger partial charge in [-0.3, -0.25) is 9.69 Å². The van der Waals surface area contributed by atoms with E-state index in [1.807, 2.05) is 11.8 Å². The normalized spacial score (nSPS) is 16.9. The Kier molecular flexibility index (Phi) is 5.50. The monoisotopic (exact) mass is 379 g/mol. The maximum absolute atomic E-state index is 12.6. The van der Waals surface area contributed by atoms with Gasteiger partial charge in [0.05, 0.1) is 16.4 Å². The van der Waals surface area contributed by atoms with E-state index in [0.717, 1.165) is 50.5 Å². The third-order valence-electron chi connectivity index (χ3n) is 4.30. The Morgan fingerprint density at radius 1 is 1.24 bits per heavy atom. The molecule has 1 fully saturated rings. The van der Waals surface area contributed by atoms with Crippen LogP contribution in [0.15, 0.2) is 5.38 Å². The number of aryl methyl sites for hydroxylation is 1. The lowest BCUT2D eigenvalue weighted by Gasteiger charge is -2.21. The van der Waals surface area contributed by atoms with E-state index in [4.69, 9.17) is 4.98 Å². The van der Waals surface area contributed by atoms with E-state index in [1.54, 1.807) is 11.3 Å². The van der Waals surface area contributed by atoms with Crippen LogP contribution in [0.25, 0.3) is 0 Å². The van der Waals surface area contributed by atoms with Crippen LogP contribution in [0.3, 0.4) is 0 Å². The fourth-order valence-electron chi connectivity index (χ4n) is 2.86. The molecule has 0 aromatic carbocycles. The van der Waals surface area contributed by atoms with Gasteiger partial charge in [0.15, 0.2) is 0 Å². The lowest BCUT2D eigenvalue weighted by atomic mass is 9.98. The fourth-order valence-corrected chi connectivity index (χ4v) is 4.38. The first kappa shape index (κ1) is 18.4. The van der Waals surface area contributed by atoms with E-state index in [2.05, 4.69) is 40.6 Å². The molecule has 6 nitrogen and oxygen atoms in total. The van der Waals surface area contributed by atoms with Crippen molar-refractivity contribution >= 4 is 28.8 Å². The number of amides is 1. The molecule has 3 heterocycles. The number of thiazole rings is 1. The molecule has 0 aliphatic carbocycles. The Morgan fingerprint density at radius 3 is 2.68 bits per heavy atom. The highest BCUT2D eigenvalue weighted by molar-refractivity contribution is 7.09. The van der Waals surface area contributed by atoms with E-state index in [1.165, 1.54) is 16.5 Å². The molecule has 2 aromatic rings. The van der Waals surface area contributed by atoms with E-state index < -0.39 is 0 Å². The van der Waals surface area contributed by atoms with Gasteiger partial charge in [0.25, 0.3) is 5.91 Å². The molecule has 3 rings (SSSR count). The van der Waals surface area contributed by atoms with Crippen LogP contribution in [0.5, 0.6) is 0 Å². The van der Waals surface area contributed by atoms with Gasteiger partial charge in [-0.15, -0.1) is 16.4 Å². The molecule has 0 atom stereocenters. The second kappa shape index (κ2) is 7.47. The highest BCUT2D eigenvalue weighted by Gasteiger charge is 2.24. The van der Waals surface area contributed by atoms with Gasteiger partial charge >= 0.3 is 0 Å². The molecule has 1 aliphatic heterocycles. The van der Waals surface area contributed by atoms with Gasteiger partial charge in [-0.25, -0.2) is 4.98 Å². The molecule has 0 spiro atoms. The van der Waals surface area contributed by atoms with Crippen LogP contribution >= 0.6 is 22.9 Å². The minimum atomic E-state index is 0.0676. The highest BCUT2D eigenvalue weighted by Crippen LogP contribution is 2.26. The van der Waals surface area contributed by atoms with E-state index in [9.17, 15) is 4.79 Å². The summed E-state index contributed by atoms with van der Waals surface area (Å²) in [6.07, 6.45) is 0.979. The summed E-state index contributed by atoms with van der Waals surface area (Å²) in [6.45, 7) is 12.7. The lowest BCUT2D eigenvalue weighted by molar-refractivity contribution is 0.0765. The zero-order valence-electron chi connectivity index (χ0n) is 15.3. The van der Waals surface area contributed by atoms with Crippen LogP contribution in [-0.4, -0.2) is 56.5 Å². The summed E-state index contributed by atoms with van der Waals surface area (Å²) in [5.74, 6) is 0.0676. The van der Waals surface area contributed by atoms with E-state index >= 15 is 0 Å². The van der Waals surface area contributed by atoms with Crippen molar-refractivity contribution in [2.24, 2.45) is 0 Å². The number of carbonyl (C=O) groups excluding carboxylic acids is 1. The molecule has 0 bridgehead atoms. The largest absolute Gasteiger partial charge is 0.337 e. The molecule has 1 aliphatic rings. The predicted molar refractivity (Wildman–Crippen MR) is 101 cm³/mol. The highest BCUT2D eigenvalue weighted by atomic mass is 32.1. The van der Waals surface area contributed by atoms with E-state index in [-0.39, 0.29) is 11.3 Å². The van der Waals surface area contributed by atoms with Gasteiger partial charge in [0.2, 0.25) is 0 Å². The maximum atomic E-state index is 12.6. The molecule has 8 heteroatoms. The van der Waals surface area contributed by atoms with Crippen LogP contribution < -0.4 is 0 Å². The van der Waals surface area contributed by atoms with Gasteiger partial charge in [-0.2, -0.15) is 0 Å². The first-order chi connectivity index (χ1) is 11.8.